The number of imide groups is 1. The molecule has 156 valence electrons. The quantitative estimate of drug-likeness (QED) is 0.679. The highest BCUT2D eigenvalue weighted by Gasteiger charge is 2.70. The van der Waals surface area contributed by atoms with E-state index in [4.69, 9.17) is 0 Å². The molecular formula is C20H18N2O5S3. The number of aromatic amines is 1. The summed E-state index contributed by atoms with van der Waals surface area (Å²) < 4.78 is 0. The number of nitrogens with zero attached hydrogens (tertiary/aromatic N) is 1. The molecule has 0 unspecified atom stereocenters. The second kappa shape index (κ2) is 6.30. The number of thiophene rings is 1. The van der Waals surface area contributed by atoms with Crippen LogP contribution in [0.25, 0.3) is 0 Å². The number of hydrogen-bond acceptors (Lipinski definition) is 7. The summed E-state index contributed by atoms with van der Waals surface area (Å²) >= 11 is 4.54. The minimum atomic E-state index is -1.16. The standard InChI is InChI=1S/C20H18N2O5S3/c1-6(19(25)26)22-17(23)11-7-5-8(12(11)18(22)24)14-10(7)13(9-3-2-4-28-9)15-16(29-14)21-20(27)30-15/h2-4,6-8,10-14H,5H2,1H3,(H,21,27)(H,25,26)/t6-,7-,8-,10+,11-,12+,13+,14-/m1/s1. The molecule has 3 fully saturated rings. The Morgan fingerprint density at radius 2 is 1.97 bits per heavy atom. The number of aliphatic carboxylic acids is 1. The fourth-order valence-electron chi connectivity index (χ4n) is 6.32. The number of thiazole rings is 1. The Balaban J connectivity index is 1.45. The van der Waals surface area contributed by atoms with Crippen molar-refractivity contribution in [3.63, 3.8) is 0 Å². The van der Waals surface area contributed by atoms with Crippen molar-refractivity contribution >= 4 is 52.2 Å². The summed E-state index contributed by atoms with van der Waals surface area (Å²) in [5.74, 6) is -2.44. The summed E-state index contributed by atoms with van der Waals surface area (Å²) in [5, 5.41) is 12.4. The number of aromatic nitrogens is 1. The lowest BCUT2D eigenvalue weighted by Gasteiger charge is -2.42. The number of rotatable bonds is 3. The number of thioether (sulfide) groups is 1. The van der Waals surface area contributed by atoms with Gasteiger partial charge in [0, 0.05) is 20.9 Å². The average Bonchev–Trinajstić information content (AvgIpc) is 3.48. The number of H-pyrrole nitrogens is 1. The summed E-state index contributed by atoms with van der Waals surface area (Å²) in [6.07, 6.45) is 0.811. The first kappa shape index (κ1) is 18.8. The van der Waals surface area contributed by atoms with Crippen molar-refractivity contribution in [2.75, 3.05) is 0 Å². The fraction of sp³-hybridized carbons (Fsp3) is 0.500. The molecule has 2 aliphatic heterocycles. The molecule has 2 bridgehead atoms. The van der Waals surface area contributed by atoms with Crippen LogP contribution in [0.15, 0.2) is 27.3 Å². The molecule has 2 amide bonds. The third kappa shape index (κ3) is 2.27. The van der Waals surface area contributed by atoms with Gasteiger partial charge in [-0.15, -0.1) is 23.1 Å². The maximum absolute atomic E-state index is 13.2. The zero-order chi connectivity index (χ0) is 20.9. The average molecular weight is 463 g/mol. The second-order valence-corrected chi connectivity index (χ2v) is 11.7. The summed E-state index contributed by atoms with van der Waals surface area (Å²) in [4.78, 5) is 56.1. The van der Waals surface area contributed by atoms with Crippen molar-refractivity contribution < 1.29 is 19.5 Å². The molecule has 2 aliphatic carbocycles. The maximum atomic E-state index is 13.2. The smallest absolute Gasteiger partial charge is 0.326 e. The van der Waals surface area contributed by atoms with Crippen LogP contribution < -0.4 is 4.87 Å². The Bertz CT molecular complexity index is 1140. The molecule has 8 atom stereocenters. The Morgan fingerprint density at radius 3 is 2.63 bits per heavy atom. The van der Waals surface area contributed by atoms with E-state index in [1.807, 2.05) is 11.4 Å². The molecule has 4 aliphatic rings. The van der Waals surface area contributed by atoms with E-state index in [-0.39, 0.29) is 45.6 Å². The van der Waals surface area contributed by atoms with Gasteiger partial charge in [0.15, 0.2) is 0 Å². The number of carbonyl (C=O) groups is 3. The molecule has 0 spiro atoms. The summed E-state index contributed by atoms with van der Waals surface area (Å²) in [7, 11) is 0. The van der Waals surface area contributed by atoms with E-state index in [1.165, 1.54) is 23.1 Å². The Hall–Kier alpha value is -1.91. The van der Waals surface area contributed by atoms with Crippen molar-refractivity contribution in [3.05, 3.63) is 36.9 Å². The Kier molecular flexibility index (Phi) is 3.96. The van der Waals surface area contributed by atoms with Gasteiger partial charge in [-0.25, -0.2) is 4.79 Å². The predicted octanol–water partition coefficient (Wildman–Crippen LogP) is 2.44. The normalized spacial score (nSPS) is 37.2. The Morgan fingerprint density at radius 1 is 1.23 bits per heavy atom. The van der Waals surface area contributed by atoms with Gasteiger partial charge >= 0.3 is 10.8 Å². The molecule has 0 radical (unpaired) electrons. The lowest BCUT2D eigenvalue weighted by molar-refractivity contribution is -0.154. The summed E-state index contributed by atoms with van der Waals surface area (Å²) in [6.45, 7) is 1.40. The minimum absolute atomic E-state index is 0.0245. The molecule has 6 rings (SSSR count). The van der Waals surface area contributed by atoms with Gasteiger partial charge in [-0.3, -0.25) is 19.3 Å². The zero-order valence-corrected chi connectivity index (χ0v) is 18.3. The molecule has 2 saturated carbocycles. The Labute approximate surface area is 183 Å². The number of carbonyl (C=O) groups excluding carboxylic acids is 2. The summed E-state index contributed by atoms with van der Waals surface area (Å²) in [5.41, 5.74) is 0. The number of hydrogen-bond donors (Lipinski definition) is 2. The molecule has 30 heavy (non-hydrogen) atoms. The molecule has 1 saturated heterocycles. The van der Waals surface area contributed by atoms with Gasteiger partial charge in [-0.1, -0.05) is 17.4 Å². The number of nitrogens with one attached hydrogen (secondary N) is 1. The van der Waals surface area contributed by atoms with E-state index < -0.39 is 23.8 Å². The molecule has 2 N–H and O–H groups in total. The van der Waals surface area contributed by atoms with Gasteiger partial charge in [0.1, 0.15) is 6.04 Å². The first-order valence-electron chi connectivity index (χ1n) is 9.91. The van der Waals surface area contributed by atoms with Crippen molar-refractivity contribution in [2.24, 2.45) is 29.6 Å². The highest BCUT2D eigenvalue weighted by Crippen LogP contribution is 2.68. The fourth-order valence-corrected chi connectivity index (χ4v) is 10.2. The van der Waals surface area contributed by atoms with Crippen LogP contribution in [0.4, 0.5) is 0 Å². The summed E-state index contributed by atoms with van der Waals surface area (Å²) in [6, 6.07) is 2.94. The van der Waals surface area contributed by atoms with E-state index in [2.05, 4.69) is 11.1 Å². The van der Waals surface area contributed by atoms with Gasteiger partial charge < -0.3 is 10.1 Å². The number of likely N-dealkylation sites (tertiary alicyclic amines) is 1. The number of carboxylic acids is 1. The highest BCUT2D eigenvalue weighted by molar-refractivity contribution is 8.00. The van der Waals surface area contributed by atoms with E-state index in [1.54, 1.807) is 23.1 Å². The van der Waals surface area contributed by atoms with Gasteiger partial charge in [0.05, 0.1) is 16.9 Å². The number of fused-ring (bicyclic) bond motifs is 9. The third-order valence-electron chi connectivity index (χ3n) is 7.35. The van der Waals surface area contributed by atoms with Crippen LogP contribution in [-0.2, 0) is 14.4 Å². The SMILES string of the molecule is C[C@H](C(=O)O)N1C(=O)[C@@H]2[C@@H]3C[C@@H]([C@H]4Sc5[nH]c(=O)sc5[C@@H](c5cccs5)[C@H]34)[C@@H]2C1=O. The van der Waals surface area contributed by atoms with Crippen LogP contribution in [0.5, 0.6) is 0 Å². The molecule has 4 heterocycles. The van der Waals surface area contributed by atoms with E-state index >= 15 is 0 Å². The minimum Gasteiger partial charge on any atom is -0.480 e. The van der Waals surface area contributed by atoms with Crippen LogP contribution in [0, 0.1) is 29.6 Å². The molecule has 2 aromatic rings. The lowest BCUT2D eigenvalue weighted by Crippen LogP contribution is -2.44. The van der Waals surface area contributed by atoms with Crippen molar-refractivity contribution in [2.45, 2.75) is 35.6 Å². The largest absolute Gasteiger partial charge is 0.480 e. The maximum Gasteiger partial charge on any atom is 0.326 e. The van der Waals surface area contributed by atoms with Gasteiger partial charge in [0.25, 0.3) is 0 Å². The van der Waals surface area contributed by atoms with Gasteiger partial charge in [-0.05, 0) is 42.5 Å². The van der Waals surface area contributed by atoms with Crippen molar-refractivity contribution in [1.29, 1.82) is 0 Å². The first-order chi connectivity index (χ1) is 14.4. The molecule has 10 heteroatoms. The van der Waals surface area contributed by atoms with E-state index in [9.17, 15) is 24.3 Å². The van der Waals surface area contributed by atoms with Gasteiger partial charge in [-0.2, -0.15) is 0 Å². The monoisotopic (exact) mass is 462 g/mol. The van der Waals surface area contributed by atoms with Crippen molar-refractivity contribution in [1.82, 2.24) is 9.88 Å². The topological polar surface area (TPSA) is 108 Å². The molecule has 0 aromatic carbocycles. The first-order valence-corrected chi connectivity index (χ1v) is 12.5. The van der Waals surface area contributed by atoms with E-state index in [0.717, 1.165) is 21.2 Å². The zero-order valence-electron chi connectivity index (χ0n) is 15.8. The highest BCUT2D eigenvalue weighted by atomic mass is 32.2. The third-order valence-corrected chi connectivity index (χ3v) is 10.9. The van der Waals surface area contributed by atoms with Gasteiger partial charge in [0.2, 0.25) is 11.8 Å². The number of carboxylic acid groups (broad SMARTS) is 1. The predicted molar refractivity (Wildman–Crippen MR) is 112 cm³/mol. The van der Waals surface area contributed by atoms with Crippen LogP contribution in [0.1, 0.15) is 29.0 Å². The van der Waals surface area contributed by atoms with Crippen LogP contribution in [0.3, 0.4) is 0 Å². The second-order valence-electron chi connectivity index (χ2n) is 8.54. The van der Waals surface area contributed by atoms with Crippen molar-refractivity contribution in [3.8, 4) is 0 Å². The van der Waals surface area contributed by atoms with Crippen LogP contribution in [0.2, 0.25) is 0 Å². The lowest BCUT2D eigenvalue weighted by atomic mass is 9.69. The van der Waals surface area contributed by atoms with Crippen LogP contribution in [-0.4, -0.2) is 44.1 Å². The molecular weight excluding hydrogens is 444 g/mol. The number of amides is 2. The van der Waals surface area contributed by atoms with E-state index in [0.29, 0.717) is 0 Å². The van der Waals surface area contributed by atoms with Crippen LogP contribution >= 0.6 is 34.4 Å². The molecule has 2 aromatic heterocycles. The molecule has 7 nitrogen and oxygen atoms in total.